The molecule has 9 heteroatoms. The molecule has 1 fully saturated rings. The first-order valence-corrected chi connectivity index (χ1v) is 17.1. The van der Waals surface area contributed by atoms with E-state index < -0.39 is 48.4 Å². The number of ether oxygens (including phenoxy) is 7. The molecule has 0 amide bonds. The third-order valence-corrected chi connectivity index (χ3v) is 8.33. The van der Waals surface area contributed by atoms with E-state index in [1.165, 1.54) is 0 Å². The van der Waals surface area contributed by atoms with Gasteiger partial charge >= 0.3 is 11.9 Å². The molecule has 1 saturated heterocycles. The number of hydrogen-bond acceptors (Lipinski definition) is 9. The minimum absolute atomic E-state index is 0.0668. The highest BCUT2D eigenvalue weighted by molar-refractivity contribution is 5.95. The lowest BCUT2D eigenvalue weighted by Crippen LogP contribution is -2.64. The SMILES string of the molecule is CCOC(=O)C(C(=O)OCC)[C@H]1O[C@H](COCc2ccccc2)[C@H](OCc2ccccc2)[C@H](OCc2ccccc2)[C@H]1OCc1ccccc1. The molecule has 50 heavy (non-hydrogen) atoms. The number of benzene rings is 4. The van der Waals surface area contributed by atoms with E-state index in [0.29, 0.717) is 6.61 Å². The van der Waals surface area contributed by atoms with Crippen LogP contribution < -0.4 is 0 Å². The van der Waals surface area contributed by atoms with Crippen molar-refractivity contribution in [3.8, 4) is 0 Å². The second-order valence-corrected chi connectivity index (χ2v) is 11.9. The lowest BCUT2D eigenvalue weighted by atomic mass is 9.87. The Morgan fingerprint density at radius 3 is 1.34 bits per heavy atom. The van der Waals surface area contributed by atoms with E-state index in [2.05, 4.69) is 0 Å². The van der Waals surface area contributed by atoms with E-state index in [-0.39, 0.29) is 39.6 Å². The summed E-state index contributed by atoms with van der Waals surface area (Å²) >= 11 is 0. The lowest BCUT2D eigenvalue weighted by molar-refractivity contribution is -0.281. The van der Waals surface area contributed by atoms with E-state index in [9.17, 15) is 9.59 Å². The maximum absolute atomic E-state index is 13.6. The Kier molecular flexibility index (Phi) is 14.5. The van der Waals surface area contributed by atoms with Gasteiger partial charge in [0.1, 0.15) is 30.5 Å². The van der Waals surface area contributed by atoms with Crippen molar-refractivity contribution in [1.29, 1.82) is 0 Å². The van der Waals surface area contributed by atoms with Gasteiger partial charge in [0, 0.05) is 0 Å². The van der Waals surface area contributed by atoms with Crippen LogP contribution in [0.2, 0.25) is 0 Å². The van der Waals surface area contributed by atoms with Gasteiger partial charge in [-0.2, -0.15) is 0 Å². The number of carbonyl (C=O) groups is 2. The van der Waals surface area contributed by atoms with E-state index >= 15 is 0 Å². The zero-order valence-corrected chi connectivity index (χ0v) is 28.6. The second kappa shape index (κ2) is 19.7. The van der Waals surface area contributed by atoms with Gasteiger partial charge in [-0.3, -0.25) is 9.59 Å². The van der Waals surface area contributed by atoms with E-state index in [4.69, 9.17) is 33.2 Å². The van der Waals surface area contributed by atoms with Gasteiger partial charge in [-0.15, -0.1) is 0 Å². The second-order valence-electron chi connectivity index (χ2n) is 11.9. The first-order chi connectivity index (χ1) is 24.6. The highest BCUT2D eigenvalue weighted by Gasteiger charge is 2.55. The van der Waals surface area contributed by atoms with Crippen LogP contribution in [-0.2, 0) is 69.2 Å². The third-order valence-electron chi connectivity index (χ3n) is 8.33. The number of rotatable bonds is 18. The van der Waals surface area contributed by atoms with Gasteiger partial charge in [0.15, 0.2) is 5.92 Å². The molecule has 0 unspecified atom stereocenters. The van der Waals surface area contributed by atoms with Gasteiger partial charge in [-0.05, 0) is 36.1 Å². The predicted molar refractivity (Wildman–Crippen MR) is 187 cm³/mol. The van der Waals surface area contributed by atoms with Crippen LogP contribution in [0.15, 0.2) is 121 Å². The smallest absolute Gasteiger partial charge is 0.323 e. The minimum Gasteiger partial charge on any atom is -0.465 e. The van der Waals surface area contributed by atoms with Crippen molar-refractivity contribution in [2.24, 2.45) is 5.92 Å². The van der Waals surface area contributed by atoms with Gasteiger partial charge in [0.05, 0.1) is 46.2 Å². The zero-order chi connectivity index (χ0) is 35.0. The molecule has 0 bridgehead atoms. The number of carbonyl (C=O) groups excluding carboxylic acids is 2. The molecule has 0 aliphatic carbocycles. The quantitative estimate of drug-likeness (QED) is 0.0864. The van der Waals surface area contributed by atoms with Crippen molar-refractivity contribution in [3.63, 3.8) is 0 Å². The van der Waals surface area contributed by atoms with Crippen LogP contribution in [0.3, 0.4) is 0 Å². The summed E-state index contributed by atoms with van der Waals surface area (Å²) < 4.78 is 43.9. The highest BCUT2D eigenvalue weighted by Crippen LogP contribution is 2.35. The first-order valence-electron chi connectivity index (χ1n) is 17.1. The first kappa shape index (κ1) is 36.9. The van der Waals surface area contributed by atoms with Crippen molar-refractivity contribution in [2.75, 3.05) is 19.8 Å². The number of esters is 2. The van der Waals surface area contributed by atoms with Gasteiger partial charge in [-0.1, -0.05) is 121 Å². The molecule has 9 nitrogen and oxygen atoms in total. The molecule has 0 N–H and O–H groups in total. The van der Waals surface area contributed by atoms with Gasteiger partial charge < -0.3 is 33.2 Å². The van der Waals surface area contributed by atoms with Crippen molar-refractivity contribution >= 4 is 11.9 Å². The zero-order valence-electron chi connectivity index (χ0n) is 28.6. The summed E-state index contributed by atoms with van der Waals surface area (Å²) in [5.74, 6) is -2.98. The monoisotopic (exact) mass is 682 g/mol. The maximum atomic E-state index is 13.6. The molecule has 5 rings (SSSR count). The fourth-order valence-corrected chi connectivity index (χ4v) is 5.92. The van der Waals surface area contributed by atoms with Crippen LogP contribution in [0.5, 0.6) is 0 Å². The Hall–Kier alpha value is -4.38. The highest BCUT2D eigenvalue weighted by atomic mass is 16.6. The summed E-state index contributed by atoms with van der Waals surface area (Å²) in [5.41, 5.74) is 3.77. The van der Waals surface area contributed by atoms with Gasteiger partial charge in [0.25, 0.3) is 0 Å². The van der Waals surface area contributed by atoms with Crippen LogP contribution >= 0.6 is 0 Å². The number of hydrogen-bond donors (Lipinski definition) is 0. The Morgan fingerprint density at radius 1 is 0.540 bits per heavy atom. The van der Waals surface area contributed by atoms with E-state index in [1.807, 2.05) is 121 Å². The van der Waals surface area contributed by atoms with Crippen molar-refractivity contribution in [3.05, 3.63) is 144 Å². The molecule has 0 aromatic heterocycles. The van der Waals surface area contributed by atoms with Crippen LogP contribution in [0.25, 0.3) is 0 Å². The van der Waals surface area contributed by atoms with Gasteiger partial charge in [0.2, 0.25) is 0 Å². The Bertz CT molecular complexity index is 1530. The largest absolute Gasteiger partial charge is 0.465 e. The molecule has 0 spiro atoms. The molecule has 1 heterocycles. The molecule has 264 valence electrons. The average molecular weight is 683 g/mol. The van der Waals surface area contributed by atoms with E-state index in [1.54, 1.807) is 13.8 Å². The average Bonchev–Trinajstić information content (AvgIpc) is 3.15. The molecule has 0 saturated carbocycles. The molecular formula is C41H46O9. The van der Waals surface area contributed by atoms with Crippen LogP contribution in [-0.4, -0.2) is 62.3 Å². The standard InChI is InChI=1S/C41H46O9/c1-3-45-40(42)35(41(43)46-4-2)37-39(49-28-33-23-15-8-16-24-33)38(48-27-32-21-13-7-14-22-32)36(47-26-31-19-11-6-12-20-31)34(50-37)29-44-25-30-17-9-5-10-18-30/h5-24,34-39H,3-4,25-29H2,1-2H3/t34-,36+,37-,38+,39+/m1/s1. The lowest BCUT2D eigenvalue weighted by Gasteiger charge is -2.47. The summed E-state index contributed by atoms with van der Waals surface area (Å²) in [4.78, 5) is 27.2. The van der Waals surface area contributed by atoms with Crippen LogP contribution in [0.1, 0.15) is 36.1 Å². The fraction of sp³-hybridized carbons (Fsp3) is 0.366. The third kappa shape index (κ3) is 10.6. The molecule has 1 aliphatic rings. The molecule has 0 radical (unpaired) electrons. The van der Waals surface area contributed by atoms with Crippen molar-refractivity contribution in [1.82, 2.24) is 0 Å². The van der Waals surface area contributed by atoms with Crippen molar-refractivity contribution in [2.45, 2.75) is 70.8 Å². The fourth-order valence-electron chi connectivity index (χ4n) is 5.92. The van der Waals surface area contributed by atoms with Crippen molar-refractivity contribution < 1.29 is 42.7 Å². The molecule has 1 aliphatic heterocycles. The summed E-state index contributed by atoms with van der Waals surface area (Å²) in [6.07, 6.45) is -4.41. The normalized spacial score (nSPS) is 20.3. The minimum atomic E-state index is -1.45. The van der Waals surface area contributed by atoms with E-state index in [0.717, 1.165) is 22.3 Å². The molecule has 5 atom stereocenters. The predicted octanol–water partition coefficient (Wildman–Crippen LogP) is 6.47. The maximum Gasteiger partial charge on any atom is 0.323 e. The summed E-state index contributed by atoms with van der Waals surface area (Å²) in [6, 6.07) is 39.0. The topological polar surface area (TPSA) is 98.8 Å². The Labute approximate surface area is 294 Å². The van der Waals surface area contributed by atoms with Crippen LogP contribution in [0.4, 0.5) is 0 Å². The molecule has 4 aromatic rings. The van der Waals surface area contributed by atoms with Gasteiger partial charge in [-0.25, -0.2) is 0 Å². The Morgan fingerprint density at radius 2 is 0.920 bits per heavy atom. The molecule has 4 aromatic carbocycles. The molecular weight excluding hydrogens is 636 g/mol. The summed E-state index contributed by atoms with van der Waals surface area (Å²) in [5, 5.41) is 0. The Balaban J connectivity index is 1.54. The van der Waals surface area contributed by atoms with Crippen LogP contribution in [0, 0.1) is 5.92 Å². The summed E-state index contributed by atoms with van der Waals surface area (Å²) in [7, 11) is 0. The summed E-state index contributed by atoms with van der Waals surface area (Å²) in [6.45, 7) is 4.54.